The molecule has 92 valence electrons. The molecule has 0 saturated carbocycles. The molecule has 2 amide bonds. The Bertz CT molecular complexity index is 576. The molecule has 1 aliphatic rings. The second kappa shape index (κ2) is 4.61. The van der Waals surface area contributed by atoms with E-state index in [4.69, 9.17) is 0 Å². The molecule has 0 radical (unpaired) electrons. The van der Waals surface area contributed by atoms with Crippen LogP contribution in [0.5, 0.6) is 0 Å². The molecular weight excluding hydrogens is 226 g/mol. The van der Waals surface area contributed by atoms with Crippen LogP contribution in [0.25, 0.3) is 5.57 Å². The summed E-state index contributed by atoms with van der Waals surface area (Å²) in [4.78, 5) is 23.6. The molecule has 1 heterocycles. The number of hydrogen-bond acceptors (Lipinski definition) is 2. The second-order valence-corrected chi connectivity index (χ2v) is 4.52. The lowest BCUT2D eigenvalue weighted by Gasteiger charge is -2.06. The van der Waals surface area contributed by atoms with Crippen LogP contribution in [-0.2, 0) is 9.59 Å². The molecular formula is C15H15NO2. The highest BCUT2D eigenvalue weighted by Gasteiger charge is 2.32. The van der Waals surface area contributed by atoms with Gasteiger partial charge < -0.3 is 0 Å². The van der Waals surface area contributed by atoms with E-state index in [9.17, 15) is 9.59 Å². The Hall–Kier alpha value is -2.16. The summed E-state index contributed by atoms with van der Waals surface area (Å²) in [6.07, 6.45) is 0. The number of allylic oxidation sites excluding steroid dienone is 2. The molecule has 0 aliphatic carbocycles. The lowest BCUT2D eigenvalue weighted by Crippen LogP contribution is -2.20. The third kappa shape index (κ3) is 1.99. The molecule has 1 aliphatic heterocycles. The van der Waals surface area contributed by atoms with E-state index in [1.165, 1.54) is 0 Å². The van der Waals surface area contributed by atoms with Crippen molar-refractivity contribution in [2.45, 2.75) is 20.8 Å². The minimum atomic E-state index is -0.308. The van der Waals surface area contributed by atoms with Crippen molar-refractivity contribution in [1.82, 2.24) is 5.32 Å². The van der Waals surface area contributed by atoms with Crippen LogP contribution in [0.15, 0.2) is 47.1 Å². The number of carbonyl (C=O) groups is 2. The zero-order valence-electron chi connectivity index (χ0n) is 10.7. The van der Waals surface area contributed by atoms with E-state index in [0.717, 1.165) is 16.7 Å². The fraction of sp³-hybridized carbons (Fsp3) is 0.200. The Morgan fingerprint density at radius 2 is 1.44 bits per heavy atom. The molecule has 0 unspecified atom stereocenters. The summed E-state index contributed by atoms with van der Waals surface area (Å²) in [5.41, 5.74) is 3.63. The summed E-state index contributed by atoms with van der Waals surface area (Å²) < 4.78 is 0. The average molecular weight is 241 g/mol. The minimum absolute atomic E-state index is 0.301. The molecule has 0 bridgehead atoms. The van der Waals surface area contributed by atoms with Gasteiger partial charge in [-0.3, -0.25) is 14.9 Å². The summed E-state index contributed by atoms with van der Waals surface area (Å²) in [6.45, 7) is 5.54. The molecule has 1 saturated heterocycles. The second-order valence-electron chi connectivity index (χ2n) is 4.52. The first kappa shape index (κ1) is 12.3. The maximum atomic E-state index is 11.9. The average Bonchev–Trinajstić information content (AvgIpc) is 2.64. The standard InChI is InChI=1S/C15H15NO2/c1-9(2)12-13(15(18)16-14(12)17)10(3)11-7-5-4-6-8-11/h4-8H,1-3H3,(H,16,17,18). The predicted molar refractivity (Wildman–Crippen MR) is 70.6 cm³/mol. The molecule has 3 heteroatoms. The van der Waals surface area contributed by atoms with Gasteiger partial charge in [0.05, 0.1) is 11.1 Å². The van der Waals surface area contributed by atoms with E-state index in [1.807, 2.05) is 51.1 Å². The first-order valence-electron chi connectivity index (χ1n) is 5.82. The first-order chi connectivity index (χ1) is 8.52. The Kier molecular flexibility index (Phi) is 3.15. The highest BCUT2D eigenvalue weighted by atomic mass is 16.2. The van der Waals surface area contributed by atoms with Crippen molar-refractivity contribution in [3.8, 4) is 0 Å². The molecule has 0 aromatic heterocycles. The summed E-state index contributed by atoms with van der Waals surface area (Å²) >= 11 is 0. The smallest absolute Gasteiger partial charge is 0.259 e. The first-order valence-corrected chi connectivity index (χ1v) is 5.82. The maximum Gasteiger partial charge on any atom is 0.259 e. The van der Waals surface area contributed by atoms with Crippen LogP contribution in [0.3, 0.4) is 0 Å². The van der Waals surface area contributed by atoms with Gasteiger partial charge in [0.2, 0.25) is 0 Å². The normalized spacial score (nSPS) is 17.8. The number of carbonyl (C=O) groups excluding carboxylic acids is 2. The largest absolute Gasteiger partial charge is 0.288 e. The van der Waals surface area contributed by atoms with Gasteiger partial charge in [0.15, 0.2) is 0 Å². The van der Waals surface area contributed by atoms with Gasteiger partial charge in [-0.15, -0.1) is 0 Å². The van der Waals surface area contributed by atoms with Crippen molar-refractivity contribution in [3.63, 3.8) is 0 Å². The van der Waals surface area contributed by atoms with Crippen LogP contribution in [0.2, 0.25) is 0 Å². The van der Waals surface area contributed by atoms with Crippen LogP contribution in [0.4, 0.5) is 0 Å². The van der Waals surface area contributed by atoms with Gasteiger partial charge in [-0.05, 0) is 31.9 Å². The number of amides is 2. The van der Waals surface area contributed by atoms with Gasteiger partial charge in [-0.2, -0.15) is 0 Å². The third-order valence-electron chi connectivity index (χ3n) is 3.01. The monoisotopic (exact) mass is 241 g/mol. The highest BCUT2D eigenvalue weighted by Crippen LogP contribution is 2.29. The fourth-order valence-corrected chi connectivity index (χ4v) is 2.12. The Labute approximate surface area is 106 Å². The van der Waals surface area contributed by atoms with Crippen molar-refractivity contribution >= 4 is 17.4 Å². The number of benzene rings is 1. The topological polar surface area (TPSA) is 46.2 Å². The summed E-state index contributed by atoms with van der Waals surface area (Å²) in [7, 11) is 0. The molecule has 18 heavy (non-hydrogen) atoms. The molecule has 2 rings (SSSR count). The van der Waals surface area contributed by atoms with Crippen molar-refractivity contribution < 1.29 is 9.59 Å². The number of rotatable bonds is 1. The molecule has 1 aromatic rings. The van der Waals surface area contributed by atoms with Gasteiger partial charge in [0, 0.05) is 0 Å². The van der Waals surface area contributed by atoms with Gasteiger partial charge in [0.25, 0.3) is 11.8 Å². The summed E-state index contributed by atoms with van der Waals surface area (Å²) in [6, 6.07) is 9.61. The number of nitrogens with one attached hydrogen (secondary N) is 1. The third-order valence-corrected chi connectivity index (χ3v) is 3.01. The summed E-state index contributed by atoms with van der Waals surface area (Å²) in [5, 5.41) is 2.36. The van der Waals surface area contributed by atoms with E-state index in [2.05, 4.69) is 5.32 Å². The molecule has 1 aromatic carbocycles. The highest BCUT2D eigenvalue weighted by molar-refractivity contribution is 6.27. The van der Waals surface area contributed by atoms with Crippen LogP contribution < -0.4 is 5.32 Å². The van der Waals surface area contributed by atoms with Crippen molar-refractivity contribution in [2.24, 2.45) is 0 Å². The molecule has 1 N–H and O–H groups in total. The van der Waals surface area contributed by atoms with E-state index in [0.29, 0.717) is 11.1 Å². The van der Waals surface area contributed by atoms with E-state index >= 15 is 0 Å². The van der Waals surface area contributed by atoms with E-state index in [-0.39, 0.29) is 11.8 Å². The van der Waals surface area contributed by atoms with Gasteiger partial charge in [0.1, 0.15) is 0 Å². The Balaban J connectivity index is 2.65. The predicted octanol–water partition coefficient (Wildman–Crippen LogP) is 2.45. The molecule has 0 atom stereocenters. The maximum absolute atomic E-state index is 11.9. The van der Waals surface area contributed by atoms with Crippen molar-refractivity contribution in [2.75, 3.05) is 0 Å². The molecule has 1 fully saturated rings. The Morgan fingerprint density at radius 3 is 2.00 bits per heavy atom. The van der Waals surface area contributed by atoms with Crippen LogP contribution in [0.1, 0.15) is 26.3 Å². The SMILES string of the molecule is CC(C)=C1C(=O)NC(=O)C1=C(C)c1ccccc1. The molecule has 3 nitrogen and oxygen atoms in total. The van der Waals surface area contributed by atoms with Crippen LogP contribution in [-0.4, -0.2) is 11.8 Å². The van der Waals surface area contributed by atoms with Gasteiger partial charge >= 0.3 is 0 Å². The van der Waals surface area contributed by atoms with Crippen molar-refractivity contribution in [3.05, 3.63) is 52.6 Å². The van der Waals surface area contributed by atoms with E-state index in [1.54, 1.807) is 0 Å². The quantitative estimate of drug-likeness (QED) is 0.606. The van der Waals surface area contributed by atoms with Gasteiger partial charge in [-0.25, -0.2) is 0 Å². The summed E-state index contributed by atoms with van der Waals surface area (Å²) in [5.74, 6) is -0.608. The Morgan fingerprint density at radius 1 is 0.889 bits per heavy atom. The number of hydrogen-bond donors (Lipinski definition) is 1. The van der Waals surface area contributed by atoms with Crippen molar-refractivity contribution in [1.29, 1.82) is 0 Å². The lowest BCUT2D eigenvalue weighted by molar-refractivity contribution is -0.123. The van der Waals surface area contributed by atoms with Crippen LogP contribution >= 0.6 is 0 Å². The lowest BCUT2D eigenvalue weighted by atomic mass is 9.95. The zero-order chi connectivity index (χ0) is 13.3. The number of imide groups is 1. The minimum Gasteiger partial charge on any atom is -0.288 e. The van der Waals surface area contributed by atoms with E-state index < -0.39 is 0 Å². The van der Waals surface area contributed by atoms with Crippen LogP contribution in [0, 0.1) is 0 Å². The van der Waals surface area contributed by atoms with Gasteiger partial charge in [-0.1, -0.05) is 35.9 Å². The molecule has 0 spiro atoms. The fourth-order valence-electron chi connectivity index (χ4n) is 2.12. The zero-order valence-corrected chi connectivity index (χ0v) is 10.7.